The summed E-state index contributed by atoms with van der Waals surface area (Å²) in [5.74, 6) is -0.713. The lowest BCUT2D eigenvalue weighted by Crippen LogP contribution is -2.24. The lowest BCUT2D eigenvalue weighted by atomic mass is 9.98. The first-order chi connectivity index (χ1) is 9.99. The molecule has 0 radical (unpaired) electrons. The molecule has 0 saturated carbocycles. The summed E-state index contributed by atoms with van der Waals surface area (Å²) in [6.07, 6.45) is 2.14. The van der Waals surface area contributed by atoms with Gasteiger partial charge in [-0.15, -0.1) is 0 Å². The minimum absolute atomic E-state index is 0.136. The number of hydrogen-bond acceptors (Lipinski definition) is 3. The third-order valence-corrected chi connectivity index (χ3v) is 3.27. The number of rotatable bonds is 5. The van der Waals surface area contributed by atoms with E-state index in [1.807, 2.05) is 19.9 Å². The van der Waals surface area contributed by atoms with Gasteiger partial charge in [0, 0.05) is 23.9 Å². The number of likely N-dealkylation sites (N-methyl/N-ethyl adjacent to an activating group) is 1. The van der Waals surface area contributed by atoms with Crippen LogP contribution in [0.4, 0.5) is 14.6 Å². The first-order valence-corrected chi connectivity index (χ1v) is 6.90. The quantitative estimate of drug-likeness (QED) is 0.889. The number of halogens is 2. The van der Waals surface area contributed by atoms with Crippen LogP contribution in [0.5, 0.6) is 0 Å². The van der Waals surface area contributed by atoms with Crippen LogP contribution >= 0.6 is 0 Å². The number of nitrogen functional groups attached to an aromatic ring is 1. The van der Waals surface area contributed by atoms with Gasteiger partial charge in [0.2, 0.25) is 0 Å². The third kappa shape index (κ3) is 3.98. The second-order valence-electron chi connectivity index (χ2n) is 5.08. The zero-order valence-corrected chi connectivity index (χ0v) is 12.2. The Morgan fingerprint density at radius 1 is 1.19 bits per heavy atom. The highest BCUT2D eigenvalue weighted by Gasteiger charge is 2.16. The maximum Gasteiger partial charge on any atom is 0.128 e. The number of nitrogens with zero attached hydrogens (tertiary/aromatic N) is 1. The van der Waals surface area contributed by atoms with Gasteiger partial charge in [-0.25, -0.2) is 13.8 Å². The van der Waals surface area contributed by atoms with Crippen LogP contribution in [-0.4, -0.2) is 11.5 Å². The van der Waals surface area contributed by atoms with Crippen molar-refractivity contribution in [3.05, 3.63) is 58.8 Å². The fourth-order valence-corrected chi connectivity index (χ4v) is 2.38. The van der Waals surface area contributed by atoms with Crippen LogP contribution in [0.25, 0.3) is 0 Å². The number of nitrogens with two attached hydrogens (primary N) is 1. The molecule has 0 aliphatic heterocycles. The van der Waals surface area contributed by atoms with E-state index in [9.17, 15) is 8.78 Å². The highest BCUT2D eigenvalue weighted by atomic mass is 19.1. The molecule has 3 nitrogen and oxygen atoms in total. The summed E-state index contributed by atoms with van der Waals surface area (Å²) in [6, 6.07) is 5.36. The molecule has 1 aromatic heterocycles. The van der Waals surface area contributed by atoms with E-state index in [4.69, 9.17) is 5.73 Å². The van der Waals surface area contributed by atoms with Crippen LogP contribution in [0.1, 0.15) is 29.7 Å². The molecular formula is C16H19F2N3. The van der Waals surface area contributed by atoms with Crippen molar-refractivity contribution < 1.29 is 8.78 Å². The summed E-state index contributed by atoms with van der Waals surface area (Å²) in [7, 11) is 0. The zero-order valence-electron chi connectivity index (χ0n) is 12.2. The van der Waals surface area contributed by atoms with E-state index in [1.165, 1.54) is 12.1 Å². The van der Waals surface area contributed by atoms with Gasteiger partial charge in [0.15, 0.2) is 0 Å². The predicted molar refractivity (Wildman–Crippen MR) is 79.9 cm³/mol. The van der Waals surface area contributed by atoms with E-state index < -0.39 is 11.6 Å². The Bertz CT molecular complexity index is 609. The van der Waals surface area contributed by atoms with E-state index in [1.54, 1.807) is 6.20 Å². The molecule has 1 unspecified atom stereocenters. The van der Waals surface area contributed by atoms with Gasteiger partial charge in [0.1, 0.15) is 17.5 Å². The van der Waals surface area contributed by atoms with Gasteiger partial charge < -0.3 is 11.1 Å². The van der Waals surface area contributed by atoms with E-state index in [0.717, 1.165) is 23.7 Å². The highest BCUT2D eigenvalue weighted by molar-refractivity contribution is 5.43. The van der Waals surface area contributed by atoms with Gasteiger partial charge in [0.25, 0.3) is 0 Å². The second kappa shape index (κ2) is 6.63. The van der Waals surface area contributed by atoms with Crippen molar-refractivity contribution in [3.63, 3.8) is 0 Å². The Hall–Kier alpha value is -2.01. The molecule has 2 aromatic rings. The molecule has 2 rings (SSSR count). The minimum atomic E-state index is -0.574. The highest BCUT2D eigenvalue weighted by Crippen LogP contribution is 2.24. The van der Waals surface area contributed by atoms with E-state index in [-0.39, 0.29) is 6.04 Å². The van der Waals surface area contributed by atoms with Crippen molar-refractivity contribution in [3.8, 4) is 0 Å². The number of aryl methyl sites for hydroxylation is 1. The van der Waals surface area contributed by atoms with Crippen LogP contribution in [-0.2, 0) is 6.42 Å². The summed E-state index contributed by atoms with van der Waals surface area (Å²) < 4.78 is 26.6. The molecule has 5 heteroatoms. The Morgan fingerprint density at radius 2 is 1.86 bits per heavy atom. The molecule has 0 spiro atoms. The van der Waals surface area contributed by atoms with Crippen LogP contribution in [0.2, 0.25) is 0 Å². The monoisotopic (exact) mass is 291 g/mol. The molecule has 0 amide bonds. The molecule has 1 aromatic carbocycles. The maximum absolute atomic E-state index is 13.3. The Morgan fingerprint density at radius 3 is 2.48 bits per heavy atom. The summed E-state index contributed by atoms with van der Waals surface area (Å²) in [4.78, 5) is 4.15. The van der Waals surface area contributed by atoms with Crippen molar-refractivity contribution in [2.45, 2.75) is 26.3 Å². The molecule has 0 aliphatic rings. The van der Waals surface area contributed by atoms with Crippen LogP contribution in [0, 0.1) is 18.6 Å². The van der Waals surface area contributed by atoms with Gasteiger partial charge in [-0.05, 0) is 49.2 Å². The standard InChI is InChI=1S/C16H19F2N3/c1-3-20-15(14-4-10(2)9-21-16(14)19)7-11-5-12(17)8-13(18)6-11/h4-6,8-9,15,20H,3,7H2,1-2H3,(H2,19,21). The van der Waals surface area contributed by atoms with Crippen molar-refractivity contribution in [1.29, 1.82) is 0 Å². The number of aromatic nitrogens is 1. The van der Waals surface area contributed by atoms with Crippen LogP contribution in [0.3, 0.4) is 0 Å². The predicted octanol–water partition coefficient (Wildman–Crippen LogP) is 3.14. The third-order valence-electron chi connectivity index (χ3n) is 3.27. The molecule has 0 bridgehead atoms. The molecule has 0 saturated heterocycles. The SMILES string of the molecule is CCNC(Cc1cc(F)cc(F)c1)c1cc(C)cnc1N. The van der Waals surface area contributed by atoms with Gasteiger partial charge in [-0.1, -0.05) is 6.92 Å². The average molecular weight is 291 g/mol. The van der Waals surface area contributed by atoms with Gasteiger partial charge in [-0.3, -0.25) is 0 Å². The first-order valence-electron chi connectivity index (χ1n) is 6.90. The molecule has 3 N–H and O–H groups in total. The molecule has 21 heavy (non-hydrogen) atoms. The van der Waals surface area contributed by atoms with Crippen molar-refractivity contribution in [1.82, 2.24) is 10.3 Å². The molecule has 0 aliphatic carbocycles. The van der Waals surface area contributed by atoms with Gasteiger partial charge >= 0.3 is 0 Å². The van der Waals surface area contributed by atoms with E-state index in [2.05, 4.69) is 10.3 Å². The van der Waals surface area contributed by atoms with Crippen LogP contribution < -0.4 is 11.1 Å². The zero-order chi connectivity index (χ0) is 15.4. The smallest absolute Gasteiger partial charge is 0.128 e. The van der Waals surface area contributed by atoms with Crippen molar-refractivity contribution in [2.75, 3.05) is 12.3 Å². The summed E-state index contributed by atoms with van der Waals surface area (Å²) in [6.45, 7) is 4.62. The molecule has 1 atom stereocenters. The largest absolute Gasteiger partial charge is 0.383 e. The lowest BCUT2D eigenvalue weighted by Gasteiger charge is -2.20. The number of pyridine rings is 1. The minimum Gasteiger partial charge on any atom is -0.383 e. The van der Waals surface area contributed by atoms with Gasteiger partial charge in [0.05, 0.1) is 0 Å². The fraction of sp³-hybridized carbons (Fsp3) is 0.312. The van der Waals surface area contributed by atoms with Gasteiger partial charge in [-0.2, -0.15) is 0 Å². The molecular weight excluding hydrogens is 272 g/mol. The molecule has 112 valence electrons. The normalized spacial score (nSPS) is 12.4. The summed E-state index contributed by atoms with van der Waals surface area (Å²) >= 11 is 0. The van der Waals surface area contributed by atoms with Crippen molar-refractivity contribution >= 4 is 5.82 Å². The number of nitrogens with one attached hydrogen (secondary N) is 1. The lowest BCUT2D eigenvalue weighted by molar-refractivity contribution is 0.539. The first kappa shape index (κ1) is 15.4. The van der Waals surface area contributed by atoms with Crippen molar-refractivity contribution in [2.24, 2.45) is 0 Å². The molecule has 1 heterocycles. The van der Waals surface area contributed by atoms with Crippen LogP contribution in [0.15, 0.2) is 30.5 Å². The topological polar surface area (TPSA) is 50.9 Å². The average Bonchev–Trinajstić information content (AvgIpc) is 2.40. The van der Waals surface area contributed by atoms with E-state index >= 15 is 0 Å². The second-order valence-corrected chi connectivity index (χ2v) is 5.08. The Kier molecular flexibility index (Phi) is 4.85. The summed E-state index contributed by atoms with van der Waals surface area (Å²) in [5.41, 5.74) is 8.36. The maximum atomic E-state index is 13.3. The molecule has 0 fully saturated rings. The number of benzene rings is 1. The fourth-order valence-electron chi connectivity index (χ4n) is 2.38. The number of anilines is 1. The Balaban J connectivity index is 2.32. The van der Waals surface area contributed by atoms with E-state index in [0.29, 0.717) is 17.8 Å². The Labute approximate surface area is 123 Å². The summed E-state index contributed by atoms with van der Waals surface area (Å²) in [5, 5.41) is 3.29. The number of hydrogen-bond donors (Lipinski definition) is 2.